The van der Waals surface area contributed by atoms with Gasteiger partial charge in [0.2, 0.25) is 0 Å². The zero-order valence-electron chi connectivity index (χ0n) is 61.4. The van der Waals surface area contributed by atoms with E-state index in [0.29, 0.717) is 22.3 Å². The number of aromatic hydroxyl groups is 4. The van der Waals surface area contributed by atoms with E-state index in [9.17, 15) is 49.2 Å². The summed E-state index contributed by atoms with van der Waals surface area (Å²) in [6.07, 6.45) is 13.3. The van der Waals surface area contributed by atoms with Crippen LogP contribution in [0.2, 0.25) is 0 Å². The van der Waals surface area contributed by atoms with Gasteiger partial charge in [0.25, 0.3) is 23.6 Å². The van der Waals surface area contributed by atoms with Crippen molar-refractivity contribution in [3.63, 3.8) is 0 Å². The topological polar surface area (TPSA) is 258 Å². The lowest BCUT2D eigenvalue weighted by Gasteiger charge is -2.31. The second-order valence-corrected chi connectivity index (χ2v) is 33.6. The number of imide groups is 2. The van der Waals surface area contributed by atoms with Gasteiger partial charge < -0.3 is 29.9 Å². The zero-order valence-corrected chi connectivity index (χ0v) is 61.4. The number of benzene rings is 6. The summed E-state index contributed by atoms with van der Waals surface area (Å²) in [4.78, 5) is 107. The molecule has 100 heavy (non-hydrogen) atoms. The first-order valence-electron chi connectivity index (χ1n) is 34.9. The third-order valence-electron chi connectivity index (χ3n) is 19.6. The Kier molecular flexibility index (Phi) is 20.0. The summed E-state index contributed by atoms with van der Waals surface area (Å²) in [7, 11) is 0. The quantitative estimate of drug-likeness (QED) is 0.0344. The van der Waals surface area contributed by atoms with E-state index >= 15 is 0 Å². The number of ether oxygens (including phenoxy) is 2. The van der Waals surface area contributed by atoms with Crippen LogP contribution in [0.3, 0.4) is 0 Å². The Balaban J connectivity index is 0.838. The number of hydrogen-bond donors (Lipinski definition) is 4. The highest BCUT2D eigenvalue weighted by Gasteiger charge is 2.42. The van der Waals surface area contributed by atoms with Gasteiger partial charge in [-0.05, 0) is 130 Å². The first-order chi connectivity index (χ1) is 46.5. The highest BCUT2D eigenvalue weighted by atomic mass is 16.5. The van der Waals surface area contributed by atoms with E-state index in [1.54, 1.807) is 24.9 Å². The second-order valence-electron chi connectivity index (χ2n) is 33.6. The minimum atomic E-state index is -0.968. The van der Waals surface area contributed by atoms with E-state index < -0.39 is 59.5 Å². The molecule has 4 amide bonds. The number of phenolic OH excluding ortho intramolecular Hbond substituents is 4. The van der Waals surface area contributed by atoms with Crippen LogP contribution in [-0.2, 0) is 42.1 Å². The number of carbonyl (C=O) groups is 6. The van der Waals surface area contributed by atoms with Gasteiger partial charge in [-0.1, -0.05) is 162 Å². The van der Waals surface area contributed by atoms with E-state index in [4.69, 9.17) is 29.4 Å². The minimum Gasteiger partial charge on any atom is -0.507 e. The molecule has 6 aromatic carbocycles. The number of esters is 2. The van der Waals surface area contributed by atoms with Crippen molar-refractivity contribution < 1.29 is 58.7 Å². The third kappa shape index (κ3) is 15.4. The third-order valence-corrected chi connectivity index (χ3v) is 19.6. The van der Waals surface area contributed by atoms with Gasteiger partial charge >= 0.3 is 11.9 Å². The van der Waals surface area contributed by atoms with Gasteiger partial charge in [0, 0.05) is 102 Å². The Bertz CT molecular complexity index is 4090. The van der Waals surface area contributed by atoms with E-state index in [0.717, 1.165) is 83.4 Å². The van der Waals surface area contributed by atoms with Gasteiger partial charge in [0.1, 0.15) is 47.6 Å². The number of carbonyl (C=O) groups excluding carboxylic acids is 6. The number of amides is 4. The highest BCUT2D eigenvalue weighted by molar-refractivity contribution is 6.33. The molecule has 10 rings (SSSR count). The molecule has 2 heterocycles. The van der Waals surface area contributed by atoms with Crippen LogP contribution in [0.1, 0.15) is 273 Å². The summed E-state index contributed by atoms with van der Waals surface area (Å²) in [5, 5.41) is 46.6. The molecule has 6 aromatic rings. The van der Waals surface area contributed by atoms with E-state index in [2.05, 4.69) is 95.2 Å². The van der Waals surface area contributed by atoms with Crippen molar-refractivity contribution in [2.45, 2.75) is 233 Å². The normalized spacial score (nSPS) is 19.0. The lowest BCUT2D eigenvalue weighted by Crippen LogP contribution is -2.46. The van der Waals surface area contributed by atoms with Gasteiger partial charge in [0.15, 0.2) is 0 Å². The minimum absolute atomic E-state index is 0.0347. The molecule has 0 unspecified atom stereocenters. The predicted molar refractivity (Wildman–Crippen MR) is 393 cm³/mol. The van der Waals surface area contributed by atoms with Crippen LogP contribution in [-0.4, -0.2) is 128 Å². The Hall–Kier alpha value is -9.32. The molecule has 528 valence electrons. The molecule has 18 heteroatoms. The SMILES string of the molecule is CC(C)(C)c1cc(C=N[C@@H]2CCCC[C@H]2N=Cc2cc(OC(=O)CN3C(=O)c4ccc5c6c(ccc(c46)C3=O)C(=O)N(CC(=O)Oc3cc(C=N[C@@H]4CCCC[C@H]4N=Cc4cc(C(C)(C)C)cc(C(C)(C)C)c4O)c(O)c(C(C)(C)C)c3)C5=O)cc(C(C)(C)C)c2O)c(O)c(C(C)(C)C)c1. The summed E-state index contributed by atoms with van der Waals surface area (Å²) in [5.74, 6) is -5.10. The number of aliphatic imine (C=N–C) groups is 4. The molecule has 4 N–H and O–H groups in total. The average molecular weight is 1360 g/mol. The maximum atomic E-state index is 14.4. The highest BCUT2D eigenvalue weighted by Crippen LogP contribution is 2.44. The first kappa shape index (κ1) is 73.4. The fraction of sp³-hybridized carbons (Fsp3) is 0.463. The summed E-state index contributed by atoms with van der Waals surface area (Å²) in [6, 6.07) is 18.5. The Morgan fingerprint density at radius 3 is 0.860 bits per heavy atom. The molecule has 2 saturated carbocycles. The van der Waals surface area contributed by atoms with Crippen molar-refractivity contribution in [3.8, 4) is 34.5 Å². The molecular formula is C82H98N6O12. The van der Waals surface area contributed by atoms with Gasteiger partial charge in [-0.15, -0.1) is 0 Å². The molecule has 0 spiro atoms. The Morgan fingerprint density at radius 2 is 0.620 bits per heavy atom. The predicted octanol–water partition coefficient (Wildman–Crippen LogP) is 15.5. The number of rotatable bonds is 14. The molecule has 0 saturated heterocycles. The van der Waals surface area contributed by atoms with Crippen LogP contribution in [0, 0.1) is 0 Å². The summed E-state index contributed by atoms with van der Waals surface area (Å²) in [5.41, 5.74) is 4.09. The standard InChI is InChI=1S/C82H98N6O12/c1-77(2,3)49-31-45(69(91)57(35-49)79(7,8)9)39-83-61-23-19-21-25-63(61)85-41-47-33-51(37-59(71(47)93)81(13,14)15)99-65(89)43-87-73(95)53-27-29-55-68-56(30-28-54(67(53)68)74(87)96)76(98)88(75(55)97)44-66(90)100-52-34-48(72(94)60(38-52)82(16,17)18)42-86-64-26-22-20-24-62(64)84-40-46-32-50(78(4,5)6)36-58(70(46)92)80(10,11)12/h27-42,61-64,91-94H,19-26,43-44H2,1-18H3/t61-,62-,63-,64-/m1/s1. The van der Waals surface area contributed by atoms with E-state index in [-0.39, 0.29) is 124 Å². The zero-order chi connectivity index (χ0) is 73.3. The maximum Gasteiger partial charge on any atom is 0.331 e. The number of nitrogens with zero attached hydrogens (tertiary/aromatic N) is 6. The van der Waals surface area contributed by atoms with Gasteiger partial charge in [0.05, 0.1) is 24.2 Å². The van der Waals surface area contributed by atoms with Crippen LogP contribution in [0.5, 0.6) is 34.5 Å². The van der Waals surface area contributed by atoms with Crippen molar-refractivity contribution in [2.24, 2.45) is 20.0 Å². The number of hydrogen-bond acceptors (Lipinski definition) is 16. The lowest BCUT2D eigenvalue weighted by atomic mass is 9.79. The molecule has 2 aliphatic carbocycles. The van der Waals surface area contributed by atoms with Crippen molar-refractivity contribution in [2.75, 3.05) is 13.1 Å². The average Bonchev–Trinajstić information content (AvgIpc) is 0.714. The molecule has 18 nitrogen and oxygen atoms in total. The van der Waals surface area contributed by atoms with Crippen molar-refractivity contribution >= 4 is 71.2 Å². The van der Waals surface area contributed by atoms with Gasteiger partial charge in [-0.3, -0.25) is 48.9 Å². The van der Waals surface area contributed by atoms with Crippen molar-refractivity contribution in [3.05, 3.63) is 151 Å². The van der Waals surface area contributed by atoms with E-state index in [1.165, 1.54) is 48.5 Å². The van der Waals surface area contributed by atoms with Crippen LogP contribution in [0.4, 0.5) is 0 Å². The van der Waals surface area contributed by atoms with Crippen LogP contribution in [0.25, 0.3) is 10.8 Å². The van der Waals surface area contributed by atoms with Crippen molar-refractivity contribution in [1.29, 1.82) is 0 Å². The molecule has 0 aromatic heterocycles. The molecule has 4 aliphatic rings. The molecule has 0 bridgehead atoms. The fourth-order valence-electron chi connectivity index (χ4n) is 13.7. The molecule has 0 radical (unpaired) electrons. The Labute approximate surface area is 587 Å². The fourth-order valence-corrected chi connectivity index (χ4v) is 13.7. The van der Waals surface area contributed by atoms with Gasteiger partial charge in [-0.25, -0.2) is 9.59 Å². The van der Waals surface area contributed by atoms with Crippen molar-refractivity contribution in [1.82, 2.24) is 9.80 Å². The maximum absolute atomic E-state index is 14.4. The van der Waals surface area contributed by atoms with Crippen LogP contribution >= 0.6 is 0 Å². The summed E-state index contributed by atoms with van der Waals surface area (Å²) < 4.78 is 11.8. The summed E-state index contributed by atoms with van der Waals surface area (Å²) in [6.45, 7) is 34.9. The molecule has 2 aliphatic heterocycles. The first-order valence-corrected chi connectivity index (χ1v) is 34.9. The number of phenols is 4. The smallest absolute Gasteiger partial charge is 0.331 e. The molecule has 4 atom stereocenters. The summed E-state index contributed by atoms with van der Waals surface area (Å²) >= 11 is 0. The second kappa shape index (κ2) is 27.3. The van der Waals surface area contributed by atoms with E-state index in [1.807, 2.05) is 53.7 Å². The molecular weight excluding hydrogens is 1260 g/mol. The van der Waals surface area contributed by atoms with Crippen LogP contribution < -0.4 is 9.47 Å². The van der Waals surface area contributed by atoms with Crippen LogP contribution in [0.15, 0.2) is 92.8 Å². The van der Waals surface area contributed by atoms with Gasteiger partial charge in [-0.2, -0.15) is 0 Å². The monoisotopic (exact) mass is 1360 g/mol. The molecule has 2 fully saturated rings. The Morgan fingerprint density at radius 1 is 0.380 bits per heavy atom. The lowest BCUT2D eigenvalue weighted by molar-refractivity contribution is -0.135. The largest absolute Gasteiger partial charge is 0.507 e.